The molecule has 1 saturated carbocycles. The molecule has 3 aliphatic rings. The number of alkyl halides is 3. The summed E-state index contributed by atoms with van der Waals surface area (Å²) in [5.74, 6) is 0.0586. The number of carbonyl (C=O) groups is 2. The summed E-state index contributed by atoms with van der Waals surface area (Å²) in [5.41, 5.74) is 1.47. The van der Waals surface area contributed by atoms with Gasteiger partial charge >= 0.3 is 6.18 Å². The zero-order valence-corrected chi connectivity index (χ0v) is 16.8. The molecule has 0 bridgehead atoms. The van der Waals surface area contributed by atoms with Gasteiger partial charge in [-0.1, -0.05) is 0 Å². The molecule has 1 saturated heterocycles. The van der Waals surface area contributed by atoms with E-state index < -0.39 is 36.9 Å². The van der Waals surface area contributed by atoms with E-state index in [0.717, 1.165) is 18.4 Å². The van der Waals surface area contributed by atoms with Crippen LogP contribution in [0, 0.1) is 5.92 Å². The second-order valence-electron chi connectivity index (χ2n) is 8.45. The highest BCUT2D eigenvalue weighted by molar-refractivity contribution is 5.91. The Labute approximate surface area is 177 Å². The SMILES string of the molecule is O=C(C[C@H]1C[C@H]2c3cc(NC(=O)CC4CC4)ccc3O[C@H]2[C@@H](CO)O1)NCC(F)(F)F. The molecule has 7 nitrogen and oxygen atoms in total. The minimum Gasteiger partial charge on any atom is -0.487 e. The molecule has 4 rings (SSSR count). The highest BCUT2D eigenvalue weighted by atomic mass is 19.4. The average Bonchev–Trinajstić information content (AvgIpc) is 3.44. The molecule has 2 fully saturated rings. The summed E-state index contributed by atoms with van der Waals surface area (Å²) >= 11 is 0. The largest absolute Gasteiger partial charge is 0.487 e. The predicted octanol–water partition coefficient (Wildman–Crippen LogP) is 2.49. The van der Waals surface area contributed by atoms with E-state index in [1.165, 1.54) is 0 Å². The molecule has 10 heteroatoms. The Morgan fingerprint density at radius 1 is 1.16 bits per heavy atom. The Hall–Kier alpha value is -2.33. The third-order valence-corrected chi connectivity index (χ3v) is 5.85. The third kappa shape index (κ3) is 5.48. The number of rotatable bonds is 7. The quantitative estimate of drug-likeness (QED) is 0.603. The number of benzene rings is 1. The van der Waals surface area contributed by atoms with Crippen LogP contribution in [0.15, 0.2) is 18.2 Å². The molecule has 0 unspecified atom stereocenters. The number of aliphatic hydroxyl groups excluding tert-OH is 1. The summed E-state index contributed by atoms with van der Waals surface area (Å²) in [6.07, 6.45) is -3.56. The van der Waals surface area contributed by atoms with Gasteiger partial charge in [0.25, 0.3) is 0 Å². The number of amides is 2. The molecular formula is C21H25F3N2O5. The van der Waals surface area contributed by atoms with Crippen LogP contribution in [0.4, 0.5) is 18.9 Å². The fraction of sp³-hybridized carbons (Fsp3) is 0.619. The summed E-state index contributed by atoms with van der Waals surface area (Å²) in [6.45, 7) is -1.75. The van der Waals surface area contributed by atoms with Gasteiger partial charge in [-0.15, -0.1) is 0 Å². The van der Waals surface area contributed by atoms with Crippen LogP contribution in [-0.4, -0.2) is 54.6 Å². The maximum absolute atomic E-state index is 12.3. The Kier molecular flexibility index (Phi) is 6.11. The number of carbonyl (C=O) groups excluding carboxylic acids is 2. The van der Waals surface area contributed by atoms with Gasteiger partial charge in [-0.25, -0.2) is 0 Å². The van der Waals surface area contributed by atoms with Crippen LogP contribution in [0.3, 0.4) is 0 Å². The first-order valence-corrected chi connectivity index (χ1v) is 10.4. The number of aliphatic hydroxyl groups is 1. The molecule has 2 aliphatic heterocycles. The van der Waals surface area contributed by atoms with E-state index in [-0.39, 0.29) is 24.9 Å². The van der Waals surface area contributed by atoms with Crippen LogP contribution in [0.2, 0.25) is 0 Å². The number of hydrogen-bond donors (Lipinski definition) is 3. The molecule has 2 amide bonds. The van der Waals surface area contributed by atoms with Gasteiger partial charge in [0.1, 0.15) is 24.5 Å². The average molecular weight is 442 g/mol. The van der Waals surface area contributed by atoms with E-state index in [0.29, 0.717) is 30.2 Å². The van der Waals surface area contributed by atoms with Gasteiger partial charge in [0.15, 0.2) is 0 Å². The van der Waals surface area contributed by atoms with Crippen molar-refractivity contribution in [2.24, 2.45) is 5.92 Å². The lowest BCUT2D eigenvalue weighted by molar-refractivity contribution is -0.149. The highest BCUT2D eigenvalue weighted by Crippen LogP contribution is 2.47. The van der Waals surface area contributed by atoms with Gasteiger partial charge in [0, 0.05) is 23.6 Å². The predicted molar refractivity (Wildman–Crippen MR) is 104 cm³/mol. The van der Waals surface area contributed by atoms with Crippen molar-refractivity contribution in [1.82, 2.24) is 5.32 Å². The van der Waals surface area contributed by atoms with Crippen molar-refractivity contribution in [1.29, 1.82) is 0 Å². The van der Waals surface area contributed by atoms with Crippen molar-refractivity contribution in [2.45, 2.75) is 62.5 Å². The molecule has 1 aromatic rings. The van der Waals surface area contributed by atoms with Crippen molar-refractivity contribution in [3.05, 3.63) is 23.8 Å². The van der Waals surface area contributed by atoms with Gasteiger partial charge in [0.2, 0.25) is 11.8 Å². The molecular weight excluding hydrogens is 417 g/mol. The Balaban J connectivity index is 1.43. The van der Waals surface area contributed by atoms with Gasteiger partial charge in [0.05, 0.1) is 19.1 Å². The fourth-order valence-electron chi connectivity index (χ4n) is 4.24. The number of ether oxygens (including phenoxy) is 2. The molecule has 4 atom stereocenters. The topological polar surface area (TPSA) is 96.9 Å². The van der Waals surface area contributed by atoms with Crippen molar-refractivity contribution < 1.29 is 37.3 Å². The van der Waals surface area contributed by atoms with Gasteiger partial charge in [-0.05, 0) is 43.4 Å². The maximum atomic E-state index is 12.3. The number of anilines is 1. The lowest BCUT2D eigenvalue weighted by Crippen LogP contribution is -2.47. The molecule has 1 aliphatic carbocycles. The van der Waals surface area contributed by atoms with Gasteiger partial charge < -0.3 is 25.2 Å². The maximum Gasteiger partial charge on any atom is 0.405 e. The van der Waals surface area contributed by atoms with Crippen molar-refractivity contribution in [2.75, 3.05) is 18.5 Å². The van der Waals surface area contributed by atoms with Gasteiger partial charge in [-0.2, -0.15) is 13.2 Å². The van der Waals surface area contributed by atoms with E-state index in [9.17, 15) is 27.9 Å². The molecule has 1 aromatic carbocycles. The van der Waals surface area contributed by atoms with E-state index in [2.05, 4.69) is 5.32 Å². The zero-order chi connectivity index (χ0) is 22.2. The Morgan fingerprint density at radius 2 is 1.94 bits per heavy atom. The van der Waals surface area contributed by atoms with E-state index in [1.807, 2.05) is 11.4 Å². The number of hydrogen-bond acceptors (Lipinski definition) is 5. The molecule has 0 radical (unpaired) electrons. The normalized spacial score (nSPS) is 27.1. The first-order chi connectivity index (χ1) is 14.7. The summed E-state index contributed by atoms with van der Waals surface area (Å²) in [5, 5.41) is 14.5. The zero-order valence-electron chi connectivity index (χ0n) is 16.8. The lowest BCUT2D eigenvalue weighted by atomic mass is 9.84. The number of fused-ring (bicyclic) bond motifs is 3. The van der Waals surface area contributed by atoms with Gasteiger partial charge in [-0.3, -0.25) is 9.59 Å². The van der Waals surface area contributed by atoms with Crippen LogP contribution in [0.5, 0.6) is 5.75 Å². The van der Waals surface area contributed by atoms with Crippen LogP contribution in [0.25, 0.3) is 0 Å². The van der Waals surface area contributed by atoms with Crippen molar-refractivity contribution >= 4 is 17.5 Å². The Bertz CT molecular complexity index is 843. The first kappa shape index (κ1) is 21.9. The molecule has 31 heavy (non-hydrogen) atoms. The number of halogens is 3. The Morgan fingerprint density at radius 3 is 2.61 bits per heavy atom. The number of nitrogens with one attached hydrogen (secondary N) is 2. The third-order valence-electron chi connectivity index (χ3n) is 5.85. The molecule has 3 N–H and O–H groups in total. The minimum absolute atomic E-state index is 0.0441. The van der Waals surface area contributed by atoms with Crippen LogP contribution < -0.4 is 15.4 Å². The van der Waals surface area contributed by atoms with E-state index in [1.54, 1.807) is 12.1 Å². The second kappa shape index (κ2) is 8.66. The van der Waals surface area contributed by atoms with E-state index >= 15 is 0 Å². The monoisotopic (exact) mass is 442 g/mol. The summed E-state index contributed by atoms with van der Waals surface area (Å²) < 4.78 is 48.7. The van der Waals surface area contributed by atoms with Crippen molar-refractivity contribution in [3.8, 4) is 5.75 Å². The summed E-state index contributed by atoms with van der Waals surface area (Å²) in [6, 6.07) is 5.32. The minimum atomic E-state index is -4.49. The molecule has 170 valence electrons. The van der Waals surface area contributed by atoms with Crippen molar-refractivity contribution in [3.63, 3.8) is 0 Å². The summed E-state index contributed by atoms with van der Waals surface area (Å²) in [7, 11) is 0. The molecule has 0 spiro atoms. The van der Waals surface area contributed by atoms with Crippen LogP contribution in [-0.2, 0) is 14.3 Å². The van der Waals surface area contributed by atoms with E-state index in [4.69, 9.17) is 9.47 Å². The summed E-state index contributed by atoms with van der Waals surface area (Å²) in [4.78, 5) is 24.1. The lowest BCUT2D eigenvalue weighted by Gasteiger charge is -2.37. The molecule has 0 aromatic heterocycles. The first-order valence-electron chi connectivity index (χ1n) is 10.4. The fourth-order valence-corrected chi connectivity index (χ4v) is 4.24. The highest BCUT2D eigenvalue weighted by Gasteiger charge is 2.46. The standard InChI is InChI=1S/C21H25F3N2O5/c22-21(23,24)10-25-18(28)8-13-7-15-14-6-12(26-19(29)5-11-1-2-11)3-4-16(14)31-20(15)17(9-27)30-13/h3-4,6,11,13,15,17,20,27H,1-2,5,7-10H2,(H,25,28)(H,26,29)/t13-,15+,17-,20-/m1/s1. The smallest absolute Gasteiger partial charge is 0.405 e. The van der Waals surface area contributed by atoms with Crippen LogP contribution >= 0.6 is 0 Å². The van der Waals surface area contributed by atoms with Crippen LogP contribution in [0.1, 0.15) is 43.6 Å². The second-order valence-corrected chi connectivity index (χ2v) is 8.45. The molecule has 2 heterocycles.